The topological polar surface area (TPSA) is 49.8 Å². The second kappa shape index (κ2) is 5.35. The number of benzene rings is 1. The number of phenols is 1. The molecule has 1 N–H and O–H groups in total. The van der Waals surface area contributed by atoms with Crippen molar-refractivity contribution in [3.8, 4) is 11.5 Å². The molecule has 1 aromatic carbocycles. The van der Waals surface area contributed by atoms with Crippen molar-refractivity contribution >= 4 is 5.91 Å². The van der Waals surface area contributed by atoms with Crippen LogP contribution in [0.25, 0.3) is 0 Å². The maximum absolute atomic E-state index is 12.7. The molecular formula is C16H21NO3. The largest absolute Gasteiger partial charge is 0.507 e. The SMILES string of the molecule is COc1ccc(O)c(C(=O)N2CCC3CCCCC32)c1. The molecular weight excluding hydrogens is 254 g/mol. The van der Waals surface area contributed by atoms with Crippen LogP contribution in [0.1, 0.15) is 42.5 Å². The van der Waals surface area contributed by atoms with Crippen LogP contribution in [0.15, 0.2) is 18.2 Å². The number of hydrogen-bond acceptors (Lipinski definition) is 3. The van der Waals surface area contributed by atoms with Crippen molar-refractivity contribution < 1.29 is 14.6 Å². The number of rotatable bonds is 2. The maximum Gasteiger partial charge on any atom is 0.258 e. The van der Waals surface area contributed by atoms with Crippen LogP contribution in [-0.2, 0) is 0 Å². The minimum atomic E-state index is -0.0594. The van der Waals surface area contributed by atoms with E-state index in [2.05, 4.69) is 0 Å². The molecule has 2 unspecified atom stereocenters. The van der Waals surface area contributed by atoms with Gasteiger partial charge in [0.2, 0.25) is 0 Å². The number of phenolic OH excluding ortho intramolecular Hbond substituents is 1. The summed E-state index contributed by atoms with van der Waals surface area (Å²) < 4.78 is 5.15. The Morgan fingerprint density at radius 1 is 1.30 bits per heavy atom. The predicted molar refractivity (Wildman–Crippen MR) is 76.1 cm³/mol. The molecule has 0 spiro atoms. The lowest BCUT2D eigenvalue weighted by atomic mass is 9.85. The monoisotopic (exact) mass is 275 g/mol. The first-order valence-electron chi connectivity index (χ1n) is 7.38. The van der Waals surface area contributed by atoms with Crippen molar-refractivity contribution in [2.75, 3.05) is 13.7 Å². The van der Waals surface area contributed by atoms with Gasteiger partial charge in [-0.25, -0.2) is 0 Å². The van der Waals surface area contributed by atoms with Crippen LogP contribution in [0.2, 0.25) is 0 Å². The van der Waals surface area contributed by atoms with Crippen LogP contribution < -0.4 is 4.74 Å². The number of ether oxygens (including phenoxy) is 1. The molecule has 1 aliphatic heterocycles. The summed E-state index contributed by atoms with van der Waals surface area (Å²) in [7, 11) is 1.56. The molecule has 2 atom stereocenters. The summed E-state index contributed by atoms with van der Waals surface area (Å²) in [5.41, 5.74) is 0.357. The molecule has 1 heterocycles. The summed E-state index contributed by atoms with van der Waals surface area (Å²) in [6.07, 6.45) is 5.92. The predicted octanol–water partition coefficient (Wildman–Crippen LogP) is 2.81. The van der Waals surface area contributed by atoms with E-state index in [9.17, 15) is 9.90 Å². The van der Waals surface area contributed by atoms with Gasteiger partial charge in [-0.15, -0.1) is 0 Å². The van der Waals surface area contributed by atoms with Gasteiger partial charge in [0.05, 0.1) is 12.7 Å². The lowest BCUT2D eigenvalue weighted by molar-refractivity contribution is 0.0686. The molecule has 3 rings (SSSR count). The normalized spacial score (nSPS) is 25.4. The standard InChI is InChI=1S/C16H21NO3/c1-20-12-6-7-15(18)13(10-12)16(19)17-9-8-11-4-2-3-5-14(11)17/h6-7,10-11,14,18H,2-5,8-9H2,1H3. The van der Waals surface area contributed by atoms with Crippen LogP contribution in [0.5, 0.6) is 11.5 Å². The van der Waals surface area contributed by atoms with Gasteiger partial charge in [-0.1, -0.05) is 12.8 Å². The number of carbonyl (C=O) groups is 1. The lowest BCUT2D eigenvalue weighted by Crippen LogP contribution is -2.39. The average molecular weight is 275 g/mol. The molecule has 1 aliphatic carbocycles. The van der Waals surface area contributed by atoms with Gasteiger partial charge in [0, 0.05) is 12.6 Å². The number of methoxy groups -OCH3 is 1. The van der Waals surface area contributed by atoms with Gasteiger partial charge in [-0.2, -0.15) is 0 Å². The van der Waals surface area contributed by atoms with Crippen LogP contribution in [0.4, 0.5) is 0 Å². The van der Waals surface area contributed by atoms with E-state index >= 15 is 0 Å². The summed E-state index contributed by atoms with van der Waals surface area (Å²) in [5.74, 6) is 1.23. The average Bonchev–Trinajstić information content (AvgIpc) is 2.91. The molecule has 4 nitrogen and oxygen atoms in total. The van der Waals surface area contributed by atoms with Crippen LogP contribution in [0, 0.1) is 5.92 Å². The van der Waals surface area contributed by atoms with Crippen molar-refractivity contribution in [2.45, 2.75) is 38.1 Å². The van der Waals surface area contributed by atoms with E-state index in [-0.39, 0.29) is 11.7 Å². The van der Waals surface area contributed by atoms with Crippen LogP contribution in [0.3, 0.4) is 0 Å². The molecule has 20 heavy (non-hydrogen) atoms. The second-order valence-corrected chi connectivity index (χ2v) is 5.78. The van der Waals surface area contributed by atoms with E-state index in [0.29, 0.717) is 23.3 Å². The van der Waals surface area contributed by atoms with Crippen molar-refractivity contribution in [1.29, 1.82) is 0 Å². The Morgan fingerprint density at radius 2 is 2.10 bits per heavy atom. The first kappa shape index (κ1) is 13.3. The number of hydrogen-bond donors (Lipinski definition) is 1. The van der Waals surface area contributed by atoms with Gasteiger partial charge in [-0.3, -0.25) is 4.79 Å². The minimum absolute atomic E-state index is 0.0371. The van der Waals surface area contributed by atoms with E-state index in [1.54, 1.807) is 19.2 Å². The third-order valence-electron chi connectivity index (χ3n) is 4.71. The van der Waals surface area contributed by atoms with E-state index in [1.807, 2.05) is 4.90 Å². The number of amides is 1. The maximum atomic E-state index is 12.7. The molecule has 1 aromatic rings. The first-order chi connectivity index (χ1) is 9.70. The molecule has 2 aliphatic rings. The van der Waals surface area contributed by atoms with Crippen molar-refractivity contribution in [3.05, 3.63) is 23.8 Å². The third kappa shape index (κ3) is 2.23. The van der Waals surface area contributed by atoms with E-state index < -0.39 is 0 Å². The molecule has 1 saturated carbocycles. The van der Waals surface area contributed by atoms with E-state index in [0.717, 1.165) is 19.4 Å². The summed E-state index contributed by atoms with van der Waals surface area (Å²) in [6.45, 7) is 0.810. The first-order valence-corrected chi connectivity index (χ1v) is 7.38. The molecule has 108 valence electrons. The van der Waals surface area contributed by atoms with Crippen LogP contribution >= 0.6 is 0 Å². The smallest absolute Gasteiger partial charge is 0.258 e. The Balaban J connectivity index is 1.85. The van der Waals surface area contributed by atoms with Gasteiger partial charge in [-0.05, 0) is 43.4 Å². The molecule has 1 saturated heterocycles. The number of carbonyl (C=O) groups excluding carboxylic acids is 1. The summed E-state index contributed by atoms with van der Waals surface area (Å²) in [6, 6.07) is 5.19. The number of aromatic hydroxyl groups is 1. The van der Waals surface area contributed by atoms with Crippen molar-refractivity contribution in [3.63, 3.8) is 0 Å². The van der Waals surface area contributed by atoms with E-state index in [1.165, 1.54) is 25.3 Å². The zero-order valence-electron chi connectivity index (χ0n) is 11.8. The van der Waals surface area contributed by atoms with Crippen molar-refractivity contribution in [1.82, 2.24) is 4.90 Å². The molecule has 2 fully saturated rings. The van der Waals surface area contributed by atoms with Gasteiger partial charge in [0.1, 0.15) is 11.5 Å². The highest BCUT2D eigenvalue weighted by atomic mass is 16.5. The quantitative estimate of drug-likeness (QED) is 0.903. The Kier molecular flexibility index (Phi) is 3.55. The lowest BCUT2D eigenvalue weighted by Gasteiger charge is -2.31. The molecule has 0 radical (unpaired) electrons. The van der Waals surface area contributed by atoms with Crippen LogP contribution in [-0.4, -0.2) is 35.6 Å². The minimum Gasteiger partial charge on any atom is -0.507 e. The fourth-order valence-corrected chi connectivity index (χ4v) is 3.63. The number of likely N-dealkylation sites (tertiary alicyclic amines) is 1. The Labute approximate surface area is 119 Å². The number of nitrogens with zero attached hydrogens (tertiary/aromatic N) is 1. The fraction of sp³-hybridized carbons (Fsp3) is 0.562. The molecule has 4 heteroatoms. The van der Waals surface area contributed by atoms with E-state index in [4.69, 9.17) is 4.74 Å². The fourth-order valence-electron chi connectivity index (χ4n) is 3.63. The van der Waals surface area contributed by atoms with Gasteiger partial charge in [0.25, 0.3) is 5.91 Å². The van der Waals surface area contributed by atoms with Gasteiger partial charge < -0.3 is 14.7 Å². The third-order valence-corrected chi connectivity index (χ3v) is 4.71. The van der Waals surface area contributed by atoms with Gasteiger partial charge in [0.15, 0.2) is 0 Å². The Bertz CT molecular complexity index is 514. The highest BCUT2D eigenvalue weighted by molar-refractivity contribution is 5.97. The van der Waals surface area contributed by atoms with Gasteiger partial charge >= 0.3 is 0 Å². The molecule has 0 aromatic heterocycles. The highest BCUT2D eigenvalue weighted by Gasteiger charge is 2.38. The highest BCUT2D eigenvalue weighted by Crippen LogP contribution is 2.37. The van der Waals surface area contributed by atoms with Crippen molar-refractivity contribution in [2.24, 2.45) is 5.92 Å². The Morgan fingerprint density at radius 3 is 2.90 bits per heavy atom. The zero-order chi connectivity index (χ0) is 14.1. The Hall–Kier alpha value is -1.71. The summed E-state index contributed by atoms with van der Waals surface area (Å²) in [4.78, 5) is 14.7. The number of fused-ring (bicyclic) bond motifs is 1. The summed E-state index contributed by atoms with van der Waals surface area (Å²) >= 11 is 0. The summed E-state index contributed by atoms with van der Waals surface area (Å²) in [5, 5.41) is 9.95. The molecule has 1 amide bonds. The zero-order valence-corrected chi connectivity index (χ0v) is 11.8. The molecule has 0 bridgehead atoms. The second-order valence-electron chi connectivity index (χ2n) is 5.78.